The van der Waals surface area contributed by atoms with Gasteiger partial charge in [-0.05, 0) is 43.5 Å². The van der Waals surface area contributed by atoms with Gasteiger partial charge in [0.15, 0.2) is 0 Å². The number of hydrogen-bond acceptors (Lipinski definition) is 3. The average Bonchev–Trinajstić information content (AvgIpc) is 2.26. The molecule has 0 atom stereocenters. The Morgan fingerprint density at radius 1 is 1.41 bits per heavy atom. The molecule has 0 amide bonds. The first-order chi connectivity index (χ1) is 8.04. The summed E-state index contributed by atoms with van der Waals surface area (Å²) in [5.41, 5.74) is 2.41. The summed E-state index contributed by atoms with van der Waals surface area (Å²) in [5.74, 6) is -0.0729. The Kier molecular flexibility index (Phi) is 4.53. The summed E-state index contributed by atoms with van der Waals surface area (Å²) in [6, 6.07) is 5.61. The van der Waals surface area contributed by atoms with E-state index in [2.05, 4.69) is 6.07 Å². The molecule has 0 unspecified atom stereocenters. The molecular formula is C13H15NO3. The highest BCUT2D eigenvalue weighted by Gasteiger charge is 2.06. The lowest BCUT2D eigenvalue weighted by Crippen LogP contribution is -2.04. The zero-order chi connectivity index (χ0) is 12.8. The molecule has 1 rings (SSSR count). The Balaban J connectivity index is 2.66. The van der Waals surface area contributed by atoms with Crippen molar-refractivity contribution in [3.8, 4) is 11.8 Å². The summed E-state index contributed by atoms with van der Waals surface area (Å²) in [5, 5.41) is 17.3. The molecule has 0 saturated heterocycles. The highest BCUT2D eigenvalue weighted by Crippen LogP contribution is 2.24. The summed E-state index contributed by atoms with van der Waals surface area (Å²) >= 11 is 0. The van der Waals surface area contributed by atoms with Gasteiger partial charge in [-0.3, -0.25) is 4.79 Å². The lowest BCUT2D eigenvalue weighted by molar-refractivity contribution is -0.137. The Bertz CT molecular complexity index is 437. The number of carbonyl (C=O) groups is 1. The van der Waals surface area contributed by atoms with E-state index in [0.29, 0.717) is 18.6 Å². The van der Waals surface area contributed by atoms with Crippen molar-refractivity contribution in [3.05, 3.63) is 28.8 Å². The Labute approximate surface area is 100 Å². The molecule has 1 aromatic rings. The number of carboxylic acid groups (broad SMARTS) is 1. The number of benzene rings is 1. The van der Waals surface area contributed by atoms with Gasteiger partial charge in [0.25, 0.3) is 0 Å². The maximum atomic E-state index is 10.3. The van der Waals surface area contributed by atoms with Crippen LogP contribution in [0.15, 0.2) is 12.1 Å². The van der Waals surface area contributed by atoms with Crippen LogP contribution in [-0.4, -0.2) is 17.7 Å². The van der Waals surface area contributed by atoms with Gasteiger partial charge in [0.05, 0.1) is 18.2 Å². The Morgan fingerprint density at radius 3 is 2.47 bits per heavy atom. The lowest BCUT2D eigenvalue weighted by Gasteiger charge is -2.11. The van der Waals surface area contributed by atoms with Crippen molar-refractivity contribution in [1.82, 2.24) is 0 Å². The summed E-state index contributed by atoms with van der Waals surface area (Å²) in [7, 11) is 0. The average molecular weight is 233 g/mol. The van der Waals surface area contributed by atoms with E-state index < -0.39 is 5.97 Å². The Morgan fingerprint density at radius 2 is 2.00 bits per heavy atom. The predicted octanol–water partition coefficient (Wildman–Crippen LogP) is 2.42. The summed E-state index contributed by atoms with van der Waals surface area (Å²) < 4.78 is 5.54. The molecular weight excluding hydrogens is 218 g/mol. The third kappa shape index (κ3) is 3.80. The second kappa shape index (κ2) is 5.90. The van der Waals surface area contributed by atoms with Crippen LogP contribution < -0.4 is 4.74 Å². The van der Waals surface area contributed by atoms with Gasteiger partial charge < -0.3 is 9.84 Å². The van der Waals surface area contributed by atoms with Crippen LogP contribution in [-0.2, 0) is 4.79 Å². The molecule has 0 aliphatic carbocycles. The molecule has 0 bridgehead atoms. The molecule has 0 spiro atoms. The molecule has 0 heterocycles. The Hall–Kier alpha value is -2.02. The first kappa shape index (κ1) is 13.0. The fourth-order valence-electron chi connectivity index (χ4n) is 1.64. The molecule has 4 heteroatoms. The minimum absolute atomic E-state index is 0.106. The van der Waals surface area contributed by atoms with Gasteiger partial charge in [0, 0.05) is 6.42 Å². The van der Waals surface area contributed by atoms with Crippen LogP contribution in [0.25, 0.3) is 0 Å². The van der Waals surface area contributed by atoms with Gasteiger partial charge in [0.2, 0.25) is 0 Å². The zero-order valence-electron chi connectivity index (χ0n) is 9.99. The quantitative estimate of drug-likeness (QED) is 0.793. The van der Waals surface area contributed by atoms with Gasteiger partial charge >= 0.3 is 5.97 Å². The van der Waals surface area contributed by atoms with Crippen LogP contribution in [0.1, 0.15) is 29.5 Å². The van der Waals surface area contributed by atoms with Gasteiger partial charge in [-0.25, -0.2) is 0 Å². The van der Waals surface area contributed by atoms with Crippen LogP contribution in [0.3, 0.4) is 0 Å². The molecule has 0 fully saturated rings. The van der Waals surface area contributed by atoms with E-state index in [1.165, 1.54) is 0 Å². The number of nitriles is 1. The molecule has 4 nitrogen and oxygen atoms in total. The minimum atomic E-state index is -0.818. The molecule has 0 radical (unpaired) electrons. The fourth-order valence-corrected chi connectivity index (χ4v) is 1.64. The SMILES string of the molecule is Cc1cc(C#N)cc(C)c1OCCCC(=O)O. The van der Waals surface area contributed by atoms with E-state index in [4.69, 9.17) is 15.1 Å². The van der Waals surface area contributed by atoms with Crippen molar-refractivity contribution in [2.24, 2.45) is 0 Å². The van der Waals surface area contributed by atoms with Crippen molar-refractivity contribution in [3.63, 3.8) is 0 Å². The molecule has 90 valence electrons. The van der Waals surface area contributed by atoms with Crippen LogP contribution in [0, 0.1) is 25.2 Å². The number of carboxylic acids is 1. The predicted molar refractivity (Wildman–Crippen MR) is 63.0 cm³/mol. The first-order valence-corrected chi connectivity index (χ1v) is 5.40. The van der Waals surface area contributed by atoms with E-state index in [1.54, 1.807) is 12.1 Å². The monoisotopic (exact) mass is 233 g/mol. The maximum absolute atomic E-state index is 10.3. The van der Waals surface area contributed by atoms with E-state index >= 15 is 0 Å². The fraction of sp³-hybridized carbons (Fsp3) is 0.385. The summed E-state index contributed by atoms with van der Waals surface area (Å²) in [6.07, 6.45) is 0.586. The number of hydrogen-bond donors (Lipinski definition) is 1. The molecule has 0 saturated carbocycles. The molecule has 0 aliphatic heterocycles. The third-order valence-electron chi connectivity index (χ3n) is 2.37. The van der Waals surface area contributed by atoms with Crippen LogP contribution in [0.4, 0.5) is 0 Å². The van der Waals surface area contributed by atoms with E-state index in [9.17, 15) is 4.79 Å². The molecule has 0 aliphatic rings. The molecule has 0 aromatic heterocycles. The van der Waals surface area contributed by atoms with E-state index in [1.807, 2.05) is 13.8 Å². The lowest BCUT2D eigenvalue weighted by atomic mass is 10.1. The van der Waals surface area contributed by atoms with Crippen molar-refractivity contribution < 1.29 is 14.6 Å². The molecule has 1 aromatic carbocycles. The normalized spacial score (nSPS) is 9.71. The second-order valence-corrected chi connectivity index (χ2v) is 3.90. The van der Waals surface area contributed by atoms with Gasteiger partial charge in [-0.2, -0.15) is 5.26 Å². The van der Waals surface area contributed by atoms with E-state index in [-0.39, 0.29) is 6.42 Å². The maximum Gasteiger partial charge on any atom is 0.303 e. The van der Waals surface area contributed by atoms with Crippen molar-refractivity contribution in [2.75, 3.05) is 6.61 Å². The van der Waals surface area contributed by atoms with Crippen LogP contribution >= 0.6 is 0 Å². The summed E-state index contributed by atoms with van der Waals surface area (Å²) in [6.45, 7) is 4.13. The third-order valence-corrected chi connectivity index (χ3v) is 2.37. The first-order valence-electron chi connectivity index (χ1n) is 5.40. The van der Waals surface area contributed by atoms with Crippen molar-refractivity contribution >= 4 is 5.97 Å². The van der Waals surface area contributed by atoms with Gasteiger partial charge in [0.1, 0.15) is 5.75 Å². The molecule has 1 N–H and O–H groups in total. The number of rotatable bonds is 5. The number of aryl methyl sites for hydroxylation is 2. The van der Waals surface area contributed by atoms with E-state index in [0.717, 1.165) is 16.9 Å². The van der Waals surface area contributed by atoms with Crippen LogP contribution in [0.2, 0.25) is 0 Å². The number of ether oxygens (including phenoxy) is 1. The number of aliphatic carboxylic acids is 1. The van der Waals surface area contributed by atoms with Crippen LogP contribution in [0.5, 0.6) is 5.75 Å². The topological polar surface area (TPSA) is 70.3 Å². The highest BCUT2D eigenvalue weighted by molar-refractivity contribution is 5.66. The van der Waals surface area contributed by atoms with Crippen molar-refractivity contribution in [2.45, 2.75) is 26.7 Å². The second-order valence-electron chi connectivity index (χ2n) is 3.90. The summed E-state index contributed by atoms with van der Waals surface area (Å²) in [4.78, 5) is 10.3. The highest BCUT2D eigenvalue weighted by atomic mass is 16.5. The largest absolute Gasteiger partial charge is 0.493 e. The minimum Gasteiger partial charge on any atom is -0.493 e. The standard InChI is InChI=1S/C13H15NO3/c1-9-6-11(8-14)7-10(2)13(9)17-5-3-4-12(15)16/h6-7H,3-5H2,1-2H3,(H,15,16). The smallest absolute Gasteiger partial charge is 0.303 e. The van der Waals surface area contributed by atoms with Gasteiger partial charge in [-0.1, -0.05) is 0 Å². The van der Waals surface area contributed by atoms with Crippen molar-refractivity contribution in [1.29, 1.82) is 5.26 Å². The number of nitrogens with zero attached hydrogens (tertiary/aromatic N) is 1. The zero-order valence-corrected chi connectivity index (χ0v) is 9.99. The van der Waals surface area contributed by atoms with Gasteiger partial charge in [-0.15, -0.1) is 0 Å². The molecule has 17 heavy (non-hydrogen) atoms.